The van der Waals surface area contributed by atoms with E-state index in [2.05, 4.69) is 10.9 Å². The molecule has 5 nitrogen and oxygen atoms in total. The second-order valence-corrected chi connectivity index (χ2v) is 7.12. The van der Waals surface area contributed by atoms with E-state index in [1.165, 1.54) is 0 Å². The number of anilines is 1. The molecule has 120 valence electrons. The molecule has 0 saturated heterocycles. The number of hydrogen-bond acceptors (Lipinski definition) is 5. The molecular weight excluding hydrogens is 320 g/mol. The molecule has 0 bridgehead atoms. The monoisotopic (exact) mass is 336 g/mol. The van der Waals surface area contributed by atoms with Crippen molar-refractivity contribution < 1.29 is 0 Å². The highest BCUT2D eigenvalue weighted by atomic mass is 32.1. The summed E-state index contributed by atoms with van der Waals surface area (Å²) in [5.41, 5.74) is 1.59. The van der Waals surface area contributed by atoms with Gasteiger partial charge in [0, 0.05) is 25.6 Å². The van der Waals surface area contributed by atoms with Crippen LogP contribution in [0, 0.1) is 12.3 Å². The minimum absolute atomic E-state index is 0.360. The highest BCUT2D eigenvalue weighted by molar-refractivity contribution is 7.19. The fraction of sp³-hybridized carbons (Fsp3) is 0.278. The van der Waals surface area contributed by atoms with Crippen LogP contribution < -0.4 is 10.6 Å². The van der Waals surface area contributed by atoms with Crippen molar-refractivity contribution in [2.24, 2.45) is 0 Å². The Labute approximate surface area is 143 Å². The van der Waals surface area contributed by atoms with Crippen molar-refractivity contribution in [1.29, 1.82) is 0 Å². The SMILES string of the molecule is C#Cc1ccccc1-n1c(=O)nc(N(C)C)c2sc(C3CC3)nc21. The summed E-state index contributed by atoms with van der Waals surface area (Å²) in [5, 5.41) is 1.08. The quantitative estimate of drug-likeness (QED) is 0.690. The minimum atomic E-state index is -0.360. The number of terminal acetylenes is 1. The average Bonchev–Trinajstić information content (AvgIpc) is 3.33. The molecule has 3 aromatic rings. The van der Waals surface area contributed by atoms with Gasteiger partial charge in [0.15, 0.2) is 11.5 Å². The number of para-hydroxylation sites is 1. The zero-order valence-corrected chi connectivity index (χ0v) is 14.3. The van der Waals surface area contributed by atoms with Crippen LogP contribution in [0.3, 0.4) is 0 Å². The van der Waals surface area contributed by atoms with E-state index >= 15 is 0 Å². The van der Waals surface area contributed by atoms with Gasteiger partial charge in [-0.3, -0.25) is 0 Å². The molecular formula is C18H16N4OS. The van der Waals surface area contributed by atoms with Gasteiger partial charge >= 0.3 is 5.69 Å². The molecule has 2 aromatic heterocycles. The molecule has 0 aliphatic heterocycles. The minimum Gasteiger partial charge on any atom is -0.361 e. The van der Waals surface area contributed by atoms with Gasteiger partial charge < -0.3 is 4.90 Å². The molecule has 1 aliphatic rings. The highest BCUT2D eigenvalue weighted by Gasteiger charge is 2.29. The van der Waals surface area contributed by atoms with Crippen LogP contribution in [-0.2, 0) is 0 Å². The number of thiazole rings is 1. The van der Waals surface area contributed by atoms with Gasteiger partial charge in [0.05, 0.1) is 10.7 Å². The van der Waals surface area contributed by atoms with Crippen LogP contribution in [0.5, 0.6) is 0 Å². The molecule has 6 heteroatoms. The van der Waals surface area contributed by atoms with Crippen LogP contribution in [0.2, 0.25) is 0 Å². The van der Waals surface area contributed by atoms with Crippen molar-refractivity contribution in [1.82, 2.24) is 14.5 Å². The van der Waals surface area contributed by atoms with Gasteiger partial charge in [-0.1, -0.05) is 18.1 Å². The van der Waals surface area contributed by atoms with Gasteiger partial charge in [-0.15, -0.1) is 17.8 Å². The summed E-state index contributed by atoms with van der Waals surface area (Å²) in [6.45, 7) is 0. The molecule has 0 radical (unpaired) electrons. The van der Waals surface area contributed by atoms with Crippen molar-refractivity contribution >= 4 is 27.5 Å². The molecule has 2 heterocycles. The fourth-order valence-corrected chi connectivity index (χ4v) is 4.01. The van der Waals surface area contributed by atoms with E-state index in [4.69, 9.17) is 11.4 Å². The number of fused-ring (bicyclic) bond motifs is 1. The predicted molar refractivity (Wildman–Crippen MR) is 97.2 cm³/mol. The Morgan fingerprint density at radius 1 is 1.29 bits per heavy atom. The molecule has 0 atom stereocenters. The van der Waals surface area contributed by atoms with Crippen molar-refractivity contribution in [3.8, 4) is 18.0 Å². The molecule has 4 rings (SSSR count). The Morgan fingerprint density at radius 2 is 2.04 bits per heavy atom. The smallest absolute Gasteiger partial charge is 0.355 e. The third-order valence-electron chi connectivity index (χ3n) is 4.08. The largest absolute Gasteiger partial charge is 0.361 e. The van der Waals surface area contributed by atoms with Crippen molar-refractivity contribution in [2.45, 2.75) is 18.8 Å². The van der Waals surface area contributed by atoms with E-state index in [0.717, 1.165) is 22.5 Å². The van der Waals surface area contributed by atoms with E-state index < -0.39 is 0 Å². The second kappa shape index (κ2) is 5.46. The Morgan fingerprint density at radius 3 is 2.71 bits per heavy atom. The van der Waals surface area contributed by atoms with Gasteiger partial charge in [0.25, 0.3) is 0 Å². The van der Waals surface area contributed by atoms with Gasteiger partial charge in [0.2, 0.25) is 0 Å². The average molecular weight is 336 g/mol. The standard InChI is InChI=1S/C18H16N4OS/c1-4-11-7-5-6-8-13(11)22-16-14(15(21(2)3)20-18(22)23)24-17(19-16)12-9-10-12/h1,5-8,12H,9-10H2,2-3H3. The first-order valence-electron chi connectivity index (χ1n) is 7.77. The summed E-state index contributed by atoms with van der Waals surface area (Å²) >= 11 is 1.63. The lowest BCUT2D eigenvalue weighted by atomic mass is 10.2. The van der Waals surface area contributed by atoms with Crippen molar-refractivity contribution in [2.75, 3.05) is 19.0 Å². The van der Waals surface area contributed by atoms with E-state index in [0.29, 0.717) is 28.6 Å². The third-order valence-corrected chi connectivity index (χ3v) is 5.29. The first-order valence-corrected chi connectivity index (χ1v) is 8.58. The summed E-state index contributed by atoms with van der Waals surface area (Å²) in [6, 6.07) is 7.38. The van der Waals surface area contributed by atoms with Crippen LogP contribution in [0.4, 0.5) is 5.82 Å². The van der Waals surface area contributed by atoms with Gasteiger partial charge in [-0.2, -0.15) is 4.98 Å². The lowest BCUT2D eigenvalue weighted by Crippen LogP contribution is -2.26. The molecule has 1 aliphatic carbocycles. The number of hydrogen-bond donors (Lipinski definition) is 0. The first kappa shape index (κ1) is 14.9. The summed E-state index contributed by atoms with van der Waals surface area (Å²) < 4.78 is 2.47. The number of aromatic nitrogens is 3. The molecule has 24 heavy (non-hydrogen) atoms. The lowest BCUT2D eigenvalue weighted by Gasteiger charge is -2.14. The van der Waals surface area contributed by atoms with E-state index in [1.54, 1.807) is 15.9 Å². The fourth-order valence-electron chi connectivity index (χ4n) is 2.72. The van der Waals surface area contributed by atoms with Gasteiger partial charge in [0.1, 0.15) is 4.70 Å². The van der Waals surface area contributed by atoms with E-state index in [1.807, 2.05) is 43.3 Å². The number of nitrogens with zero attached hydrogens (tertiary/aromatic N) is 4. The van der Waals surface area contributed by atoms with Gasteiger partial charge in [-0.05, 0) is 25.0 Å². The maximum absolute atomic E-state index is 12.7. The summed E-state index contributed by atoms with van der Waals surface area (Å²) in [6.07, 6.45) is 7.94. The van der Waals surface area contributed by atoms with Crippen LogP contribution in [0.15, 0.2) is 29.1 Å². The summed E-state index contributed by atoms with van der Waals surface area (Å²) in [7, 11) is 3.77. The Kier molecular flexibility index (Phi) is 3.39. The predicted octanol–water partition coefficient (Wildman–Crippen LogP) is 2.77. The maximum atomic E-state index is 12.7. The van der Waals surface area contributed by atoms with Gasteiger partial charge in [-0.25, -0.2) is 14.3 Å². The number of benzene rings is 1. The van der Waals surface area contributed by atoms with Crippen molar-refractivity contribution in [3.63, 3.8) is 0 Å². The third kappa shape index (κ3) is 2.29. The van der Waals surface area contributed by atoms with Crippen LogP contribution in [0.25, 0.3) is 16.0 Å². The topological polar surface area (TPSA) is 51.0 Å². The lowest BCUT2D eigenvalue weighted by molar-refractivity contribution is 0.919. The maximum Gasteiger partial charge on any atom is 0.355 e. The molecule has 1 saturated carbocycles. The van der Waals surface area contributed by atoms with Crippen LogP contribution >= 0.6 is 11.3 Å². The molecule has 1 aromatic carbocycles. The molecule has 0 N–H and O–H groups in total. The van der Waals surface area contributed by atoms with Crippen molar-refractivity contribution in [3.05, 3.63) is 45.3 Å². The first-order chi connectivity index (χ1) is 11.6. The normalized spacial score (nSPS) is 13.9. The molecule has 0 spiro atoms. The zero-order chi connectivity index (χ0) is 16.8. The summed E-state index contributed by atoms with van der Waals surface area (Å²) in [5.74, 6) is 3.82. The Hall–Kier alpha value is -2.65. The highest BCUT2D eigenvalue weighted by Crippen LogP contribution is 2.44. The molecule has 0 unspecified atom stereocenters. The van der Waals surface area contributed by atoms with Crippen LogP contribution in [0.1, 0.15) is 29.3 Å². The Bertz CT molecular complexity index is 1040. The van der Waals surface area contributed by atoms with E-state index in [-0.39, 0.29) is 5.69 Å². The zero-order valence-electron chi connectivity index (χ0n) is 13.5. The molecule has 1 fully saturated rings. The number of rotatable bonds is 3. The molecule has 0 amide bonds. The Balaban J connectivity index is 2.09. The summed E-state index contributed by atoms with van der Waals surface area (Å²) in [4.78, 5) is 23.7. The van der Waals surface area contributed by atoms with Crippen LogP contribution in [-0.4, -0.2) is 28.6 Å². The van der Waals surface area contributed by atoms with E-state index in [9.17, 15) is 4.79 Å². The second-order valence-electron chi connectivity index (χ2n) is 6.09.